The molecular weight excluding hydrogens is 328 g/mol. The molecule has 0 bridgehead atoms. The molecule has 0 atom stereocenters. The van der Waals surface area contributed by atoms with E-state index >= 15 is 0 Å². The molecule has 1 saturated heterocycles. The quantitative estimate of drug-likeness (QED) is 0.896. The van der Waals surface area contributed by atoms with Gasteiger partial charge in [-0.05, 0) is 25.7 Å². The summed E-state index contributed by atoms with van der Waals surface area (Å²) in [5, 5.41) is 7.40. The molecule has 1 aliphatic heterocycles. The molecule has 1 N–H and O–H groups in total. The molecule has 24 heavy (non-hydrogen) atoms. The monoisotopic (exact) mass is 354 g/mol. The number of hydrogen-bond acceptors (Lipinski definition) is 4. The van der Waals surface area contributed by atoms with Crippen LogP contribution in [0.1, 0.15) is 51.0 Å². The van der Waals surface area contributed by atoms with Crippen molar-refractivity contribution in [3.8, 4) is 0 Å². The van der Waals surface area contributed by atoms with Gasteiger partial charge in [-0.1, -0.05) is 19.3 Å². The lowest BCUT2D eigenvalue weighted by atomic mass is 9.95. The van der Waals surface area contributed by atoms with Gasteiger partial charge in [-0.2, -0.15) is 5.10 Å². The summed E-state index contributed by atoms with van der Waals surface area (Å²) in [6.07, 6.45) is 10.00. The highest BCUT2D eigenvalue weighted by atomic mass is 32.2. The Morgan fingerprint density at radius 3 is 2.46 bits per heavy atom. The summed E-state index contributed by atoms with van der Waals surface area (Å²) in [6, 6.07) is 2.22. The predicted octanol–water partition coefficient (Wildman–Crippen LogP) is 2.00. The third kappa shape index (κ3) is 3.97. The summed E-state index contributed by atoms with van der Waals surface area (Å²) in [4.78, 5) is 12.5. The molecule has 7 nitrogen and oxygen atoms in total. The molecule has 1 aromatic rings. The van der Waals surface area contributed by atoms with Crippen molar-refractivity contribution in [2.45, 2.75) is 51.0 Å². The smallest absolute Gasteiger partial charge is 0.228 e. The maximum atomic E-state index is 12.5. The number of rotatable bonds is 4. The molecule has 0 spiro atoms. The molecule has 1 amide bonds. The largest absolute Gasteiger partial charge is 0.311 e. The second kappa shape index (κ2) is 7.23. The summed E-state index contributed by atoms with van der Waals surface area (Å²) >= 11 is 0. The number of piperidine rings is 1. The van der Waals surface area contributed by atoms with Crippen molar-refractivity contribution >= 4 is 21.7 Å². The molecule has 1 saturated carbocycles. The van der Waals surface area contributed by atoms with Crippen LogP contribution in [-0.4, -0.2) is 47.8 Å². The summed E-state index contributed by atoms with van der Waals surface area (Å²) in [6.45, 7) is 0.831. The zero-order chi connectivity index (χ0) is 17.2. The highest BCUT2D eigenvalue weighted by molar-refractivity contribution is 7.88. The Kier molecular flexibility index (Phi) is 5.24. The number of hydrogen-bond donors (Lipinski definition) is 1. The molecule has 0 radical (unpaired) electrons. The number of aromatic nitrogens is 2. The molecule has 2 heterocycles. The number of carbonyl (C=O) groups excluding carboxylic acids is 1. The first-order valence-electron chi connectivity index (χ1n) is 8.74. The number of anilines is 1. The van der Waals surface area contributed by atoms with Gasteiger partial charge >= 0.3 is 0 Å². The second-order valence-electron chi connectivity index (χ2n) is 6.88. The van der Waals surface area contributed by atoms with Gasteiger partial charge in [-0.15, -0.1) is 0 Å². The average Bonchev–Trinajstić information content (AvgIpc) is 3.03. The van der Waals surface area contributed by atoms with Gasteiger partial charge in [-0.25, -0.2) is 17.4 Å². The van der Waals surface area contributed by atoms with Crippen LogP contribution in [0.15, 0.2) is 12.3 Å². The molecule has 0 aromatic carbocycles. The van der Waals surface area contributed by atoms with Crippen molar-refractivity contribution in [3.05, 3.63) is 12.3 Å². The van der Waals surface area contributed by atoms with Crippen LogP contribution in [0.25, 0.3) is 0 Å². The first-order chi connectivity index (χ1) is 11.4. The fourth-order valence-corrected chi connectivity index (χ4v) is 4.58. The number of sulfonamides is 1. The Labute approximate surface area is 143 Å². The molecule has 2 aliphatic rings. The van der Waals surface area contributed by atoms with Crippen LogP contribution < -0.4 is 5.32 Å². The van der Waals surface area contributed by atoms with Gasteiger partial charge in [0.2, 0.25) is 15.9 Å². The van der Waals surface area contributed by atoms with E-state index in [0.717, 1.165) is 18.7 Å². The Bertz CT molecular complexity index is 671. The SMILES string of the molecule is CS(=O)(=O)N1CCC(C(=O)Nc2ccnn2C2CCCCC2)CC1. The predicted molar refractivity (Wildman–Crippen MR) is 92.1 cm³/mol. The number of nitrogens with zero attached hydrogens (tertiary/aromatic N) is 3. The Balaban J connectivity index is 1.59. The maximum Gasteiger partial charge on any atom is 0.228 e. The number of amides is 1. The molecule has 1 aliphatic carbocycles. The van der Waals surface area contributed by atoms with E-state index in [4.69, 9.17) is 0 Å². The van der Waals surface area contributed by atoms with Crippen LogP contribution in [0.4, 0.5) is 5.82 Å². The van der Waals surface area contributed by atoms with Crippen molar-refractivity contribution in [3.63, 3.8) is 0 Å². The van der Waals surface area contributed by atoms with Gasteiger partial charge in [0.25, 0.3) is 0 Å². The molecule has 134 valence electrons. The van der Waals surface area contributed by atoms with Gasteiger partial charge < -0.3 is 5.32 Å². The molecule has 1 aromatic heterocycles. The van der Waals surface area contributed by atoms with Gasteiger partial charge in [-0.3, -0.25) is 4.79 Å². The Morgan fingerprint density at radius 2 is 1.83 bits per heavy atom. The van der Waals surface area contributed by atoms with E-state index in [1.807, 2.05) is 10.7 Å². The lowest BCUT2D eigenvalue weighted by Gasteiger charge is -2.29. The number of carbonyl (C=O) groups is 1. The fraction of sp³-hybridized carbons (Fsp3) is 0.750. The van der Waals surface area contributed by atoms with Crippen molar-refractivity contribution in [2.75, 3.05) is 24.7 Å². The van der Waals surface area contributed by atoms with Crippen molar-refractivity contribution in [1.82, 2.24) is 14.1 Å². The Morgan fingerprint density at radius 1 is 1.17 bits per heavy atom. The highest BCUT2D eigenvalue weighted by Crippen LogP contribution is 2.30. The molecule has 3 rings (SSSR count). The first kappa shape index (κ1) is 17.4. The zero-order valence-electron chi connectivity index (χ0n) is 14.1. The van der Waals surface area contributed by atoms with Crippen LogP contribution >= 0.6 is 0 Å². The summed E-state index contributed by atoms with van der Waals surface area (Å²) < 4.78 is 26.5. The van der Waals surface area contributed by atoms with Gasteiger partial charge in [0.1, 0.15) is 5.82 Å². The van der Waals surface area contributed by atoms with Gasteiger partial charge in [0, 0.05) is 25.1 Å². The lowest BCUT2D eigenvalue weighted by Crippen LogP contribution is -2.41. The molecular formula is C16H26N4O3S. The minimum absolute atomic E-state index is 0.0271. The fourth-order valence-electron chi connectivity index (χ4n) is 3.71. The van der Waals surface area contributed by atoms with Crippen molar-refractivity contribution in [2.24, 2.45) is 5.92 Å². The average molecular weight is 354 g/mol. The number of nitrogens with one attached hydrogen (secondary N) is 1. The molecule has 8 heteroatoms. The molecule has 2 fully saturated rings. The minimum Gasteiger partial charge on any atom is -0.311 e. The lowest BCUT2D eigenvalue weighted by molar-refractivity contribution is -0.121. The minimum atomic E-state index is -3.16. The topological polar surface area (TPSA) is 84.3 Å². The van der Waals surface area contributed by atoms with E-state index in [-0.39, 0.29) is 11.8 Å². The van der Waals surface area contributed by atoms with Crippen LogP contribution in [0, 0.1) is 5.92 Å². The van der Waals surface area contributed by atoms with Gasteiger partial charge in [0.05, 0.1) is 18.5 Å². The van der Waals surface area contributed by atoms with Gasteiger partial charge in [0.15, 0.2) is 0 Å². The van der Waals surface area contributed by atoms with E-state index in [2.05, 4.69) is 10.4 Å². The van der Waals surface area contributed by atoms with Crippen LogP contribution in [0.2, 0.25) is 0 Å². The second-order valence-corrected chi connectivity index (χ2v) is 8.86. The summed E-state index contributed by atoms with van der Waals surface area (Å²) in [5.41, 5.74) is 0. The van der Waals surface area contributed by atoms with Crippen LogP contribution in [0.3, 0.4) is 0 Å². The van der Waals surface area contributed by atoms with Crippen molar-refractivity contribution < 1.29 is 13.2 Å². The zero-order valence-corrected chi connectivity index (χ0v) is 15.0. The van der Waals surface area contributed by atoms with E-state index in [1.54, 1.807) is 6.20 Å². The van der Waals surface area contributed by atoms with E-state index in [0.29, 0.717) is 32.0 Å². The van der Waals surface area contributed by atoms with E-state index in [1.165, 1.54) is 29.8 Å². The first-order valence-corrected chi connectivity index (χ1v) is 10.6. The maximum absolute atomic E-state index is 12.5. The van der Waals surface area contributed by atoms with Crippen LogP contribution in [-0.2, 0) is 14.8 Å². The standard InChI is InChI=1S/C16H26N4O3S/c1-24(22,23)19-11-8-13(9-12-19)16(21)18-15-7-10-17-20(15)14-5-3-2-4-6-14/h7,10,13-14H,2-6,8-9,11-12H2,1H3,(H,18,21). The van der Waals surface area contributed by atoms with Crippen LogP contribution in [0.5, 0.6) is 0 Å². The highest BCUT2D eigenvalue weighted by Gasteiger charge is 2.29. The third-order valence-corrected chi connectivity index (χ3v) is 6.44. The summed E-state index contributed by atoms with van der Waals surface area (Å²) in [7, 11) is -3.16. The Hall–Kier alpha value is -1.41. The van der Waals surface area contributed by atoms with E-state index in [9.17, 15) is 13.2 Å². The third-order valence-electron chi connectivity index (χ3n) is 5.14. The summed E-state index contributed by atoms with van der Waals surface area (Å²) in [5.74, 6) is 0.593. The normalized spacial score (nSPS) is 21.7. The molecule has 0 unspecified atom stereocenters. The van der Waals surface area contributed by atoms with E-state index < -0.39 is 10.0 Å². The van der Waals surface area contributed by atoms with Crippen molar-refractivity contribution in [1.29, 1.82) is 0 Å².